The number of aromatic amines is 1. The van der Waals surface area contributed by atoms with E-state index in [1.165, 1.54) is 6.07 Å². The number of rotatable bonds is 8. The van der Waals surface area contributed by atoms with Gasteiger partial charge < -0.3 is 15.0 Å². The summed E-state index contributed by atoms with van der Waals surface area (Å²) in [6.45, 7) is 5.55. The van der Waals surface area contributed by atoms with Crippen LogP contribution in [0.5, 0.6) is 0 Å². The van der Waals surface area contributed by atoms with E-state index in [0.29, 0.717) is 28.5 Å². The minimum atomic E-state index is -0.440. The number of carbonyl (C=O) groups is 2. The average molecular weight is 389 g/mol. The molecule has 1 amide bonds. The zero-order chi connectivity index (χ0) is 19.8. The molecule has 2 aromatic rings. The molecule has 144 valence electrons. The van der Waals surface area contributed by atoms with Gasteiger partial charge in [0.25, 0.3) is 5.56 Å². The van der Waals surface area contributed by atoms with Gasteiger partial charge in [0.15, 0.2) is 5.16 Å². The van der Waals surface area contributed by atoms with Crippen LogP contribution in [0.25, 0.3) is 0 Å². The number of benzene rings is 1. The van der Waals surface area contributed by atoms with E-state index in [1.807, 2.05) is 6.92 Å². The van der Waals surface area contributed by atoms with Crippen LogP contribution in [0, 0.1) is 0 Å². The highest BCUT2D eigenvalue weighted by atomic mass is 32.2. The van der Waals surface area contributed by atoms with Gasteiger partial charge in [0, 0.05) is 17.4 Å². The molecule has 0 radical (unpaired) electrons. The third-order valence-corrected chi connectivity index (χ3v) is 4.22. The van der Waals surface area contributed by atoms with E-state index >= 15 is 0 Å². The summed E-state index contributed by atoms with van der Waals surface area (Å²) in [5.41, 5.74) is 1.35. The maximum Gasteiger partial charge on any atom is 0.338 e. The number of amides is 1. The Bertz CT molecular complexity index is 864. The maximum absolute atomic E-state index is 12.2. The highest BCUT2D eigenvalue weighted by Gasteiger charge is 2.11. The van der Waals surface area contributed by atoms with Crippen LogP contribution in [0.1, 0.15) is 43.2 Å². The smallest absolute Gasteiger partial charge is 0.338 e. The molecule has 2 rings (SSSR count). The molecule has 1 heterocycles. The third kappa shape index (κ3) is 6.90. The molecular weight excluding hydrogens is 366 g/mol. The SMILES string of the molecule is CCCc1cc(=O)[nH]c(SCC(=O)Nc2cccc(C(=O)OC(C)C)c2)n1. The second-order valence-corrected chi connectivity index (χ2v) is 7.13. The van der Waals surface area contributed by atoms with Crippen LogP contribution >= 0.6 is 11.8 Å². The zero-order valence-electron chi connectivity index (χ0n) is 15.6. The number of aromatic nitrogens is 2. The second-order valence-electron chi connectivity index (χ2n) is 6.16. The topological polar surface area (TPSA) is 101 Å². The summed E-state index contributed by atoms with van der Waals surface area (Å²) in [6.07, 6.45) is 1.38. The number of thioether (sulfide) groups is 1. The predicted molar refractivity (Wildman–Crippen MR) is 105 cm³/mol. The summed E-state index contributed by atoms with van der Waals surface area (Å²) in [5, 5.41) is 3.14. The second kappa shape index (κ2) is 9.91. The molecule has 0 unspecified atom stereocenters. The van der Waals surface area contributed by atoms with Crippen LogP contribution in [0.15, 0.2) is 40.3 Å². The predicted octanol–water partition coefficient (Wildman–Crippen LogP) is 3.02. The van der Waals surface area contributed by atoms with Crippen molar-refractivity contribution in [3.63, 3.8) is 0 Å². The van der Waals surface area contributed by atoms with Crippen molar-refractivity contribution < 1.29 is 14.3 Å². The number of nitrogens with zero attached hydrogens (tertiary/aromatic N) is 1. The first-order valence-electron chi connectivity index (χ1n) is 8.71. The Kier molecular flexibility index (Phi) is 7.60. The van der Waals surface area contributed by atoms with Crippen molar-refractivity contribution in [2.24, 2.45) is 0 Å². The summed E-state index contributed by atoms with van der Waals surface area (Å²) >= 11 is 1.15. The van der Waals surface area contributed by atoms with Gasteiger partial charge in [0.2, 0.25) is 5.91 Å². The van der Waals surface area contributed by atoms with E-state index in [4.69, 9.17) is 4.74 Å². The highest BCUT2D eigenvalue weighted by Crippen LogP contribution is 2.15. The number of H-pyrrole nitrogens is 1. The number of hydrogen-bond donors (Lipinski definition) is 2. The number of nitrogens with one attached hydrogen (secondary N) is 2. The van der Waals surface area contributed by atoms with E-state index < -0.39 is 5.97 Å². The Morgan fingerprint density at radius 2 is 2.07 bits per heavy atom. The lowest BCUT2D eigenvalue weighted by Gasteiger charge is -2.10. The van der Waals surface area contributed by atoms with E-state index in [2.05, 4.69) is 15.3 Å². The maximum atomic E-state index is 12.2. The molecule has 0 bridgehead atoms. The molecule has 1 aromatic heterocycles. The largest absolute Gasteiger partial charge is 0.459 e. The summed E-state index contributed by atoms with van der Waals surface area (Å²) in [5.74, 6) is -0.623. The number of carbonyl (C=O) groups excluding carboxylic acids is 2. The fourth-order valence-electron chi connectivity index (χ4n) is 2.27. The van der Waals surface area contributed by atoms with Crippen molar-refractivity contribution in [1.29, 1.82) is 0 Å². The number of esters is 1. The lowest BCUT2D eigenvalue weighted by atomic mass is 10.2. The van der Waals surface area contributed by atoms with Crippen LogP contribution in [-0.4, -0.2) is 33.7 Å². The molecule has 0 aliphatic carbocycles. The number of aryl methyl sites for hydroxylation is 1. The van der Waals surface area contributed by atoms with Gasteiger partial charge in [-0.25, -0.2) is 9.78 Å². The number of ether oxygens (including phenoxy) is 1. The molecule has 0 aliphatic rings. The Balaban J connectivity index is 1.96. The van der Waals surface area contributed by atoms with Crippen LogP contribution in [-0.2, 0) is 16.0 Å². The van der Waals surface area contributed by atoms with Crippen LogP contribution in [0.2, 0.25) is 0 Å². The fraction of sp³-hybridized carbons (Fsp3) is 0.368. The summed E-state index contributed by atoms with van der Waals surface area (Å²) in [4.78, 5) is 42.7. The summed E-state index contributed by atoms with van der Waals surface area (Å²) < 4.78 is 5.15. The van der Waals surface area contributed by atoms with E-state index in [0.717, 1.165) is 18.2 Å². The lowest BCUT2D eigenvalue weighted by molar-refractivity contribution is -0.113. The standard InChI is InChI=1S/C19H23N3O4S/c1-4-6-14-10-16(23)22-19(21-14)27-11-17(24)20-15-8-5-7-13(9-15)18(25)26-12(2)3/h5,7-10,12H,4,6,11H2,1-3H3,(H,20,24)(H,21,22,23). The number of hydrogen-bond acceptors (Lipinski definition) is 6. The van der Waals surface area contributed by atoms with Gasteiger partial charge >= 0.3 is 5.97 Å². The van der Waals surface area contributed by atoms with Crippen LogP contribution < -0.4 is 10.9 Å². The summed E-state index contributed by atoms with van der Waals surface area (Å²) in [7, 11) is 0. The van der Waals surface area contributed by atoms with E-state index in [9.17, 15) is 14.4 Å². The van der Waals surface area contributed by atoms with Crippen LogP contribution in [0.3, 0.4) is 0 Å². The van der Waals surface area contributed by atoms with Crippen molar-refractivity contribution in [2.75, 3.05) is 11.1 Å². The summed E-state index contributed by atoms with van der Waals surface area (Å²) in [6, 6.07) is 8.03. The molecule has 0 saturated carbocycles. The normalized spacial score (nSPS) is 10.7. The Morgan fingerprint density at radius 1 is 1.30 bits per heavy atom. The van der Waals surface area contributed by atoms with Crippen LogP contribution in [0.4, 0.5) is 5.69 Å². The van der Waals surface area contributed by atoms with Gasteiger partial charge in [-0.3, -0.25) is 9.59 Å². The molecule has 0 saturated heterocycles. The fourth-order valence-corrected chi connectivity index (χ4v) is 2.97. The highest BCUT2D eigenvalue weighted by molar-refractivity contribution is 7.99. The van der Waals surface area contributed by atoms with Gasteiger partial charge in [-0.15, -0.1) is 0 Å². The van der Waals surface area contributed by atoms with E-state index in [1.54, 1.807) is 38.1 Å². The number of anilines is 1. The lowest BCUT2D eigenvalue weighted by Crippen LogP contribution is -2.16. The zero-order valence-corrected chi connectivity index (χ0v) is 16.4. The van der Waals surface area contributed by atoms with Crippen molar-refractivity contribution in [3.8, 4) is 0 Å². The average Bonchev–Trinajstić information content (AvgIpc) is 2.59. The minimum absolute atomic E-state index is 0.0825. The Hall–Kier alpha value is -2.61. The minimum Gasteiger partial charge on any atom is -0.459 e. The first-order valence-corrected chi connectivity index (χ1v) is 9.70. The monoisotopic (exact) mass is 389 g/mol. The van der Waals surface area contributed by atoms with Crippen molar-refractivity contribution >= 4 is 29.3 Å². The first-order chi connectivity index (χ1) is 12.9. The quantitative estimate of drug-likeness (QED) is 0.409. The van der Waals surface area contributed by atoms with Crippen molar-refractivity contribution in [1.82, 2.24) is 9.97 Å². The molecule has 0 atom stereocenters. The molecule has 7 nitrogen and oxygen atoms in total. The van der Waals surface area contributed by atoms with E-state index in [-0.39, 0.29) is 23.3 Å². The van der Waals surface area contributed by atoms with Crippen molar-refractivity contribution in [3.05, 3.63) is 51.9 Å². The van der Waals surface area contributed by atoms with Crippen molar-refractivity contribution in [2.45, 2.75) is 44.9 Å². The molecule has 0 aliphatic heterocycles. The molecule has 8 heteroatoms. The molecule has 0 spiro atoms. The van der Waals surface area contributed by atoms with Gasteiger partial charge in [-0.05, 0) is 38.5 Å². The first kappa shape index (κ1) is 20.7. The van der Waals surface area contributed by atoms with Gasteiger partial charge in [0.1, 0.15) is 0 Å². The van der Waals surface area contributed by atoms with Gasteiger partial charge in [0.05, 0.1) is 17.4 Å². The Morgan fingerprint density at radius 3 is 2.78 bits per heavy atom. The molecule has 27 heavy (non-hydrogen) atoms. The van der Waals surface area contributed by atoms with Gasteiger partial charge in [-0.1, -0.05) is 31.2 Å². The third-order valence-electron chi connectivity index (χ3n) is 3.34. The molecule has 0 fully saturated rings. The Labute approximate surface area is 161 Å². The molecule has 1 aromatic carbocycles. The molecular formula is C19H23N3O4S. The molecule has 2 N–H and O–H groups in total. The van der Waals surface area contributed by atoms with Gasteiger partial charge in [-0.2, -0.15) is 0 Å².